The Bertz CT molecular complexity index is 495. The molecule has 0 bridgehead atoms. The van der Waals surface area contributed by atoms with Gasteiger partial charge < -0.3 is 5.11 Å². The molecule has 82 valence electrons. The lowest BCUT2D eigenvalue weighted by molar-refractivity contribution is -0.134. The molecule has 0 aromatic heterocycles. The number of sulfone groups is 1. The van der Waals surface area contributed by atoms with Crippen LogP contribution in [-0.2, 0) is 14.6 Å². The van der Waals surface area contributed by atoms with Crippen molar-refractivity contribution >= 4 is 39.0 Å². The quantitative estimate of drug-likeness (QED) is 0.908. The second kappa shape index (κ2) is 4.38. The van der Waals surface area contributed by atoms with E-state index in [2.05, 4.69) is 0 Å². The van der Waals surface area contributed by atoms with Crippen molar-refractivity contribution in [2.75, 3.05) is 5.75 Å². The topological polar surface area (TPSA) is 71.4 Å². The van der Waals surface area contributed by atoms with Crippen molar-refractivity contribution in [2.24, 2.45) is 0 Å². The second-order valence-electron chi connectivity index (χ2n) is 2.73. The minimum absolute atomic E-state index is 0.0411. The van der Waals surface area contributed by atoms with E-state index in [1.54, 1.807) is 0 Å². The van der Waals surface area contributed by atoms with Gasteiger partial charge in [-0.2, -0.15) is 0 Å². The molecule has 1 rings (SSSR count). The maximum Gasteiger partial charge on any atom is 0.319 e. The summed E-state index contributed by atoms with van der Waals surface area (Å²) in [7, 11) is -3.93. The molecular weight excluding hydrogens is 263 g/mol. The largest absolute Gasteiger partial charge is 0.480 e. The van der Waals surface area contributed by atoms with E-state index in [-0.39, 0.29) is 14.9 Å². The Morgan fingerprint density at radius 2 is 1.93 bits per heavy atom. The first-order valence-corrected chi connectivity index (χ1v) is 6.13. The van der Waals surface area contributed by atoms with Crippen LogP contribution in [0.25, 0.3) is 0 Å². The summed E-state index contributed by atoms with van der Waals surface area (Å²) in [6, 6.07) is 3.85. The predicted molar refractivity (Wildman–Crippen MR) is 56.2 cm³/mol. The fraction of sp³-hybridized carbons (Fsp3) is 0.125. The number of halogens is 2. The zero-order valence-electron chi connectivity index (χ0n) is 7.28. The molecule has 0 radical (unpaired) electrons. The molecule has 0 aliphatic carbocycles. The molecule has 1 aromatic carbocycles. The maximum atomic E-state index is 11.5. The van der Waals surface area contributed by atoms with Gasteiger partial charge >= 0.3 is 5.97 Å². The summed E-state index contributed by atoms with van der Waals surface area (Å²) < 4.78 is 23.0. The van der Waals surface area contributed by atoms with Gasteiger partial charge in [0.2, 0.25) is 0 Å². The van der Waals surface area contributed by atoms with Crippen LogP contribution in [0.3, 0.4) is 0 Å². The fourth-order valence-electron chi connectivity index (χ4n) is 0.956. The van der Waals surface area contributed by atoms with Crippen LogP contribution in [0.15, 0.2) is 23.1 Å². The molecule has 0 heterocycles. The van der Waals surface area contributed by atoms with E-state index in [1.807, 2.05) is 0 Å². The van der Waals surface area contributed by atoms with Gasteiger partial charge in [-0.05, 0) is 18.2 Å². The SMILES string of the molecule is O=C(O)CS(=O)(=O)c1cc(Cl)ccc1Cl. The van der Waals surface area contributed by atoms with Crippen molar-refractivity contribution in [1.82, 2.24) is 0 Å². The van der Waals surface area contributed by atoms with Crippen LogP contribution in [0.5, 0.6) is 0 Å². The Morgan fingerprint density at radius 3 is 2.47 bits per heavy atom. The van der Waals surface area contributed by atoms with Gasteiger partial charge in [0.15, 0.2) is 15.6 Å². The van der Waals surface area contributed by atoms with E-state index < -0.39 is 21.6 Å². The van der Waals surface area contributed by atoms with E-state index in [0.717, 1.165) is 6.07 Å². The van der Waals surface area contributed by atoms with Crippen LogP contribution < -0.4 is 0 Å². The van der Waals surface area contributed by atoms with Gasteiger partial charge in [-0.3, -0.25) is 4.79 Å². The molecule has 15 heavy (non-hydrogen) atoms. The molecule has 0 aliphatic rings. The van der Waals surface area contributed by atoms with Crippen molar-refractivity contribution < 1.29 is 18.3 Å². The summed E-state index contributed by atoms with van der Waals surface area (Å²) >= 11 is 11.2. The summed E-state index contributed by atoms with van der Waals surface area (Å²) in [5.41, 5.74) is 0. The van der Waals surface area contributed by atoms with E-state index >= 15 is 0 Å². The van der Waals surface area contributed by atoms with Crippen LogP contribution in [0.4, 0.5) is 0 Å². The van der Waals surface area contributed by atoms with Gasteiger partial charge in [-0.25, -0.2) is 8.42 Å². The molecule has 1 aromatic rings. The van der Waals surface area contributed by atoms with Crippen LogP contribution >= 0.6 is 23.2 Å². The van der Waals surface area contributed by atoms with E-state index in [0.29, 0.717) is 0 Å². The Kier molecular flexibility index (Phi) is 3.59. The average molecular weight is 269 g/mol. The average Bonchev–Trinajstić information content (AvgIpc) is 2.06. The van der Waals surface area contributed by atoms with E-state index in [4.69, 9.17) is 28.3 Å². The van der Waals surface area contributed by atoms with Crippen LogP contribution in [0.1, 0.15) is 0 Å². The molecule has 1 N–H and O–H groups in total. The minimum atomic E-state index is -3.93. The molecular formula is C8H6Cl2O4S. The number of hydrogen-bond donors (Lipinski definition) is 1. The van der Waals surface area contributed by atoms with Gasteiger partial charge in [-0.15, -0.1) is 0 Å². The van der Waals surface area contributed by atoms with Gasteiger partial charge in [0.25, 0.3) is 0 Å². The first-order valence-electron chi connectivity index (χ1n) is 3.72. The van der Waals surface area contributed by atoms with Crippen molar-refractivity contribution in [3.63, 3.8) is 0 Å². The summed E-state index contributed by atoms with van der Waals surface area (Å²) in [6.07, 6.45) is 0. The first kappa shape index (κ1) is 12.3. The highest BCUT2D eigenvalue weighted by molar-refractivity contribution is 7.92. The summed E-state index contributed by atoms with van der Waals surface area (Å²) in [6.45, 7) is 0. The van der Waals surface area contributed by atoms with Crippen LogP contribution in [0, 0.1) is 0 Å². The van der Waals surface area contributed by atoms with Crippen molar-refractivity contribution in [1.29, 1.82) is 0 Å². The predicted octanol–water partition coefficient (Wildman–Crippen LogP) is 1.85. The van der Waals surface area contributed by atoms with Gasteiger partial charge in [0.05, 0.1) is 9.92 Å². The third-order valence-corrected chi connectivity index (χ3v) is 3.85. The Hall–Kier alpha value is -0.780. The third-order valence-electron chi connectivity index (χ3n) is 1.54. The number of aliphatic carboxylic acids is 1. The van der Waals surface area contributed by atoms with Gasteiger partial charge in [0.1, 0.15) is 0 Å². The lowest BCUT2D eigenvalue weighted by atomic mass is 10.4. The summed E-state index contributed by atoms with van der Waals surface area (Å²) in [5, 5.41) is 8.56. The zero-order chi connectivity index (χ0) is 11.6. The Labute approximate surface area is 96.3 Å². The van der Waals surface area contributed by atoms with Crippen molar-refractivity contribution in [3.05, 3.63) is 28.2 Å². The summed E-state index contributed by atoms with van der Waals surface area (Å²) in [5.74, 6) is -2.45. The molecule has 0 aliphatic heterocycles. The number of carbonyl (C=O) groups is 1. The fourth-order valence-corrected chi connectivity index (χ4v) is 2.82. The van der Waals surface area contributed by atoms with Gasteiger partial charge in [-0.1, -0.05) is 23.2 Å². The Balaban J connectivity index is 3.26. The Morgan fingerprint density at radius 1 is 1.33 bits per heavy atom. The summed E-state index contributed by atoms with van der Waals surface area (Å²) in [4.78, 5) is 10.1. The highest BCUT2D eigenvalue weighted by Crippen LogP contribution is 2.25. The number of carboxylic acid groups (broad SMARTS) is 1. The van der Waals surface area contributed by atoms with Crippen molar-refractivity contribution in [3.8, 4) is 0 Å². The number of carboxylic acids is 1. The number of rotatable bonds is 3. The van der Waals surface area contributed by atoms with Crippen LogP contribution in [0.2, 0.25) is 10.0 Å². The van der Waals surface area contributed by atoms with E-state index in [9.17, 15) is 13.2 Å². The maximum absolute atomic E-state index is 11.5. The molecule has 0 spiro atoms. The molecule has 0 amide bonds. The minimum Gasteiger partial charge on any atom is -0.480 e. The van der Waals surface area contributed by atoms with E-state index in [1.165, 1.54) is 12.1 Å². The lowest BCUT2D eigenvalue weighted by Crippen LogP contribution is -2.15. The second-order valence-corrected chi connectivity index (χ2v) is 5.53. The zero-order valence-corrected chi connectivity index (χ0v) is 9.60. The standard InChI is InChI=1S/C8H6Cl2O4S/c9-5-1-2-6(10)7(3-5)15(13,14)4-8(11)12/h1-3H,4H2,(H,11,12). The highest BCUT2D eigenvalue weighted by atomic mass is 35.5. The van der Waals surface area contributed by atoms with Crippen molar-refractivity contribution in [2.45, 2.75) is 4.90 Å². The molecule has 0 saturated heterocycles. The molecule has 0 atom stereocenters. The molecule has 0 saturated carbocycles. The van der Waals surface area contributed by atoms with Crippen LogP contribution in [-0.4, -0.2) is 25.2 Å². The molecule has 0 unspecified atom stereocenters. The van der Waals surface area contributed by atoms with Gasteiger partial charge in [0, 0.05) is 5.02 Å². The normalized spacial score (nSPS) is 11.3. The number of hydrogen-bond acceptors (Lipinski definition) is 3. The number of benzene rings is 1. The molecule has 4 nitrogen and oxygen atoms in total. The smallest absolute Gasteiger partial charge is 0.319 e. The lowest BCUT2D eigenvalue weighted by Gasteiger charge is -2.04. The molecule has 0 fully saturated rings. The monoisotopic (exact) mass is 268 g/mol. The highest BCUT2D eigenvalue weighted by Gasteiger charge is 2.21. The first-order chi connectivity index (χ1) is 6.83. The third kappa shape index (κ3) is 3.09. The molecule has 7 heteroatoms.